The van der Waals surface area contributed by atoms with Crippen molar-refractivity contribution in [1.29, 1.82) is 0 Å². The Morgan fingerprint density at radius 1 is 0.935 bits per heavy atom. The second-order valence-corrected chi connectivity index (χ2v) is 19.8. The van der Waals surface area contributed by atoms with Crippen molar-refractivity contribution in [3.8, 4) is 0 Å². The predicted molar refractivity (Wildman–Crippen MR) is 184 cm³/mol. The Balaban J connectivity index is 3.06. The highest BCUT2D eigenvalue weighted by Gasteiger charge is 2.42. The lowest BCUT2D eigenvalue weighted by molar-refractivity contribution is -0.161. The number of carbonyl (C=O) groups excluding carboxylic acids is 4. The molecule has 11 heteroatoms. The van der Waals surface area contributed by atoms with Gasteiger partial charge in [0.1, 0.15) is 18.7 Å². The summed E-state index contributed by atoms with van der Waals surface area (Å²) in [5.74, 6) is -2.43. The number of amides is 2. The fourth-order valence-corrected chi connectivity index (χ4v) is 5.83. The molecule has 0 bridgehead atoms. The number of benzene rings is 1. The van der Waals surface area contributed by atoms with E-state index >= 15 is 0 Å². The van der Waals surface area contributed by atoms with Crippen molar-refractivity contribution in [2.75, 3.05) is 7.05 Å². The molecule has 0 heterocycles. The molecule has 262 valence electrons. The first kappa shape index (κ1) is 41.3. The number of nitrogens with one attached hydrogen (secondary N) is 1. The minimum absolute atomic E-state index is 0.0498. The Hall–Kier alpha value is -2.76. The zero-order valence-corrected chi connectivity index (χ0v) is 31.5. The Kier molecular flexibility index (Phi) is 16.1. The number of nitrogens with zero attached hydrogens (tertiary/aromatic N) is 1. The summed E-state index contributed by atoms with van der Waals surface area (Å²) in [6.07, 6.45) is -1.48. The van der Waals surface area contributed by atoms with E-state index in [-0.39, 0.29) is 35.8 Å². The highest BCUT2D eigenvalue weighted by molar-refractivity contribution is 6.74. The SMILES string of the molecule is CC(C)C[C@H](NC(=O)[C@@H](OC(=O)C[C@@H](O[Si](C)(C)C(C)(C)C)C(N)C(C)C)C(C)C)C(=O)N(C)[C@@H](C)C(=O)OCc1ccccc1. The molecule has 10 nitrogen and oxygen atoms in total. The van der Waals surface area contributed by atoms with Gasteiger partial charge in [0.25, 0.3) is 5.91 Å². The third-order valence-corrected chi connectivity index (χ3v) is 13.3. The molecule has 0 aliphatic heterocycles. The van der Waals surface area contributed by atoms with Gasteiger partial charge in [-0.15, -0.1) is 0 Å². The standard InChI is InChI=1S/C35H61N3O7Si/c1-22(2)19-27(33(41)38(11)25(7)34(42)43-21-26-17-15-14-16-18-26)37-32(40)31(24(5)6)44-29(39)20-28(30(36)23(3)4)45-46(12,13)35(8,9)10/h14-18,22-25,27-28,30-31H,19-21,36H2,1-13H3,(H,37,40)/t25-,27-,28+,30?,31-/m0/s1. The molecule has 1 rings (SSSR count). The third kappa shape index (κ3) is 12.8. The van der Waals surface area contributed by atoms with Gasteiger partial charge in [-0.05, 0) is 54.8 Å². The summed E-state index contributed by atoms with van der Waals surface area (Å²) in [7, 11) is -0.760. The van der Waals surface area contributed by atoms with Crippen LogP contribution in [0.4, 0.5) is 0 Å². The molecule has 2 amide bonds. The third-order valence-electron chi connectivity index (χ3n) is 8.76. The van der Waals surface area contributed by atoms with Crippen molar-refractivity contribution in [1.82, 2.24) is 10.2 Å². The Labute approximate surface area is 278 Å². The zero-order valence-electron chi connectivity index (χ0n) is 30.5. The average molecular weight is 664 g/mol. The van der Waals surface area contributed by atoms with Gasteiger partial charge in [0, 0.05) is 13.1 Å². The maximum absolute atomic E-state index is 13.6. The molecule has 1 aromatic carbocycles. The summed E-state index contributed by atoms with van der Waals surface area (Å²) in [5.41, 5.74) is 7.35. The van der Waals surface area contributed by atoms with Gasteiger partial charge in [-0.2, -0.15) is 0 Å². The summed E-state index contributed by atoms with van der Waals surface area (Å²) in [5, 5.41) is 2.72. The normalized spacial score (nSPS) is 15.6. The van der Waals surface area contributed by atoms with Crippen LogP contribution in [0.5, 0.6) is 0 Å². The number of likely N-dealkylation sites (N-methyl/N-ethyl adjacent to an activating group) is 1. The molecule has 1 aromatic rings. The van der Waals surface area contributed by atoms with E-state index in [0.29, 0.717) is 6.42 Å². The molecule has 1 unspecified atom stereocenters. The van der Waals surface area contributed by atoms with Crippen LogP contribution in [-0.4, -0.2) is 74.4 Å². The molecule has 46 heavy (non-hydrogen) atoms. The lowest BCUT2D eigenvalue weighted by atomic mass is 9.97. The second kappa shape index (κ2) is 18.0. The zero-order chi connectivity index (χ0) is 35.6. The molecule has 0 radical (unpaired) electrons. The predicted octanol–water partition coefficient (Wildman–Crippen LogP) is 5.44. The number of nitrogens with two attached hydrogens (primary N) is 1. The summed E-state index contributed by atoms with van der Waals surface area (Å²) in [4.78, 5) is 54.6. The fourth-order valence-electron chi connectivity index (χ4n) is 4.48. The van der Waals surface area contributed by atoms with E-state index in [1.165, 1.54) is 11.9 Å². The minimum atomic E-state index is -2.27. The molecule has 0 aromatic heterocycles. The number of esters is 2. The molecule has 0 saturated heterocycles. The first-order valence-corrected chi connectivity index (χ1v) is 19.4. The van der Waals surface area contributed by atoms with Gasteiger partial charge >= 0.3 is 11.9 Å². The summed E-state index contributed by atoms with van der Waals surface area (Å²) < 4.78 is 17.8. The molecular weight excluding hydrogens is 602 g/mol. The summed E-state index contributed by atoms with van der Waals surface area (Å²) in [6, 6.07) is 7.04. The van der Waals surface area contributed by atoms with Crippen LogP contribution in [0.15, 0.2) is 30.3 Å². The quantitative estimate of drug-likeness (QED) is 0.166. The molecule has 3 N–H and O–H groups in total. The van der Waals surface area contributed by atoms with Crippen LogP contribution < -0.4 is 11.1 Å². The summed E-state index contributed by atoms with van der Waals surface area (Å²) in [6.45, 7) is 23.6. The van der Waals surface area contributed by atoms with E-state index in [4.69, 9.17) is 19.6 Å². The van der Waals surface area contributed by atoms with Crippen LogP contribution >= 0.6 is 0 Å². The van der Waals surface area contributed by atoms with Gasteiger partial charge in [0.05, 0.1) is 12.5 Å². The van der Waals surface area contributed by atoms with Crippen molar-refractivity contribution < 1.29 is 33.1 Å². The molecule has 0 aliphatic rings. The number of carbonyl (C=O) groups is 4. The Bertz CT molecular complexity index is 1130. The number of hydrogen-bond donors (Lipinski definition) is 2. The molecular formula is C35H61N3O7Si. The van der Waals surface area contributed by atoms with Gasteiger partial charge in [-0.25, -0.2) is 4.79 Å². The van der Waals surface area contributed by atoms with Crippen molar-refractivity contribution in [2.24, 2.45) is 23.5 Å². The fraction of sp³-hybridized carbons (Fsp3) is 0.714. The summed E-state index contributed by atoms with van der Waals surface area (Å²) >= 11 is 0. The lowest BCUT2D eigenvalue weighted by Crippen LogP contribution is -2.55. The van der Waals surface area contributed by atoms with E-state index in [0.717, 1.165) is 5.56 Å². The van der Waals surface area contributed by atoms with Crippen molar-refractivity contribution in [3.05, 3.63) is 35.9 Å². The van der Waals surface area contributed by atoms with Crippen molar-refractivity contribution in [2.45, 2.75) is 137 Å². The minimum Gasteiger partial charge on any atom is -0.459 e. The van der Waals surface area contributed by atoms with Gasteiger partial charge in [0.2, 0.25) is 5.91 Å². The van der Waals surface area contributed by atoms with Gasteiger partial charge < -0.3 is 29.9 Å². The van der Waals surface area contributed by atoms with Crippen LogP contribution in [0.1, 0.15) is 87.6 Å². The van der Waals surface area contributed by atoms with Crippen molar-refractivity contribution >= 4 is 32.1 Å². The topological polar surface area (TPSA) is 137 Å². The first-order chi connectivity index (χ1) is 21.1. The highest BCUT2D eigenvalue weighted by Crippen LogP contribution is 2.38. The van der Waals surface area contributed by atoms with Crippen LogP contribution in [0.3, 0.4) is 0 Å². The van der Waals surface area contributed by atoms with Crippen LogP contribution in [0, 0.1) is 17.8 Å². The monoisotopic (exact) mass is 663 g/mol. The van der Waals surface area contributed by atoms with E-state index < -0.39 is 62.4 Å². The molecule has 0 saturated carbocycles. The first-order valence-electron chi connectivity index (χ1n) is 16.5. The maximum atomic E-state index is 13.6. The van der Waals surface area contributed by atoms with Crippen molar-refractivity contribution in [3.63, 3.8) is 0 Å². The van der Waals surface area contributed by atoms with E-state index in [9.17, 15) is 19.2 Å². The Morgan fingerprint density at radius 2 is 1.50 bits per heavy atom. The van der Waals surface area contributed by atoms with Crippen LogP contribution in [-0.2, 0) is 39.7 Å². The van der Waals surface area contributed by atoms with Crippen LogP contribution in [0.2, 0.25) is 18.1 Å². The lowest BCUT2D eigenvalue weighted by Gasteiger charge is -2.41. The molecule has 0 spiro atoms. The molecule has 5 atom stereocenters. The van der Waals surface area contributed by atoms with Gasteiger partial charge in [0.15, 0.2) is 14.4 Å². The number of hydrogen-bond acceptors (Lipinski definition) is 8. The second-order valence-electron chi connectivity index (χ2n) is 15.0. The van der Waals surface area contributed by atoms with E-state index in [2.05, 4.69) is 39.2 Å². The highest BCUT2D eigenvalue weighted by atomic mass is 28.4. The molecule has 0 aliphatic carbocycles. The maximum Gasteiger partial charge on any atom is 0.328 e. The largest absolute Gasteiger partial charge is 0.459 e. The van der Waals surface area contributed by atoms with Gasteiger partial charge in [-0.1, -0.05) is 92.6 Å². The van der Waals surface area contributed by atoms with E-state index in [1.54, 1.807) is 20.8 Å². The number of rotatable bonds is 17. The van der Waals surface area contributed by atoms with Gasteiger partial charge in [-0.3, -0.25) is 14.4 Å². The smallest absolute Gasteiger partial charge is 0.328 e. The molecule has 0 fully saturated rings. The Morgan fingerprint density at radius 3 is 1.98 bits per heavy atom. The number of ether oxygens (including phenoxy) is 2. The van der Waals surface area contributed by atoms with E-state index in [1.807, 2.05) is 58.0 Å². The average Bonchev–Trinajstić information content (AvgIpc) is 2.95. The van der Waals surface area contributed by atoms with Crippen LogP contribution in [0.25, 0.3) is 0 Å².